The number of aryl methyl sites for hydroxylation is 1. The lowest BCUT2D eigenvalue weighted by atomic mass is 11.0. The molecule has 5 heteroatoms. The SMILES string of the molecule is Cn1[nH]c(=S)n(C)c1=O. The quantitative estimate of drug-likeness (QED) is 0.513. The third kappa shape index (κ3) is 0.829. The Balaban J connectivity index is 3.68. The van der Waals surface area contributed by atoms with Crippen LogP contribution >= 0.6 is 12.2 Å². The van der Waals surface area contributed by atoms with Crippen LogP contribution in [0.5, 0.6) is 0 Å². The van der Waals surface area contributed by atoms with Gasteiger partial charge in [0.2, 0.25) is 0 Å². The van der Waals surface area contributed by atoms with Gasteiger partial charge in [-0.2, -0.15) is 0 Å². The molecule has 50 valence electrons. The molecule has 1 rings (SSSR count). The van der Waals surface area contributed by atoms with E-state index in [9.17, 15) is 4.79 Å². The second-order valence-corrected chi connectivity index (χ2v) is 2.20. The molecule has 1 heterocycles. The molecule has 0 amide bonds. The van der Waals surface area contributed by atoms with Gasteiger partial charge in [0, 0.05) is 14.1 Å². The molecular weight excluding hydrogens is 138 g/mol. The van der Waals surface area contributed by atoms with Gasteiger partial charge in [0.25, 0.3) is 0 Å². The smallest absolute Gasteiger partial charge is 0.271 e. The lowest BCUT2D eigenvalue weighted by Crippen LogP contribution is -2.19. The number of aromatic nitrogens is 3. The number of nitrogens with one attached hydrogen (secondary N) is 1. The number of nitrogens with zero attached hydrogens (tertiary/aromatic N) is 2. The Morgan fingerprint density at radius 3 is 2.22 bits per heavy atom. The minimum atomic E-state index is -0.125. The highest BCUT2D eigenvalue weighted by Gasteiger charge is 1.94. The second-order valence-electron chi connectivity index (χ2n) is 1.82. The summed E-state index contributed by atoms with van der Waals surface area (Å²) in [5.41, 5.74) is -0.125. The van der Waals surface area contributed by atoms with Crippen LogP contribution < -0.4 is 5.69 Å². The first kappa shape index (κ1) is 6.28. The standard InChI is InChI=1S/C4H7N3OS/c1-6-3(9)5-7(2)4(6)8/h1-2H3,(H,5,9). The molecule has 1 aromatic rings. The summed E-state index contributed by atoms with van der Waals surface area (Å²) >= 11 is 4.75. The molecule has 0 bridgehead atoms. The van der Waals surface area contributed by atoms with Crippen LogP contribution in [0.2, 0.25) is 0 Å². The Hall–Kier alpha value is -0.840. The fourth-order valence-corrected chi connectivity index (χ4v) is 0.793. The van der Waals surface area contributed by atoms with Crippen LogP contribution in [0.1, 0.15) is 0 Å². The molecule has 0 aliphatic rings. The van der Waals surface area contributed by atoms with Gasteiger partial charge in [-0.25, -0.2) is 9.48 Å². The summed E-state index contributed by atoms with van der Waals surface area (Å²) in [7, 11) is 3.25. The predicted molar refractivity (Wildman–Crippen MR) is 35.8 cm³/mol. The van der Waals surface area contributed by atoms with Crippen LogP contribution in [0.4, 0.5) is 0 Å². The van der Waals surface area contributed by atoms with E-state index in [0.29, 0.717) is 4.77 Å². The number of hydrogen-bond donors (Lipinski definition) is 1. The molecule has 0 unspecified atom stereocenters. The normalized spacial score (nSPS) is 10.0. The molecule has 0 aliphatic carbocycles. The van der Waals surface area contributed by atoms with E-state index in [1.165, 1.54) is 9.25 Å². The number of H-pyrrole nitrogens is 1. The van der Waals surface area contributed by atoms with Gasteiger partial charge in [-0.05, 0) is 12.2 Å². The Labute approximate surface area is 56.7 Å². The van der Waals surface area contributed by atoms with Gasteiger partial charge in [-0.15, -0.1) is 0 Å². The van der Waals surface area contributed by atoms with Crippen LogP contribution in [0.15, 0.2) is 4.79 Å². The number of aromatic amines is 1. The van der Waals surface area contributed by atoms with Crippen molar-refractivity contribution >= 4 is 12.2 Å². The maximum absolute atomic E-state index is 10.8. The first-order chi connectivity index (χ1) is 4.13. The fraction of sp³-hybridized carbons (Fsp3) is 0.500. The molecule has 0 atom stereocenters. The second kappa shape index (κ2) is 1.84. The Bertz CT molecular complexity index is 317. The molecule has 0 radical (unpaired) electrons. The summed E-state index contributed by atoms with van der Waals surface area (Å²) in [6.07, 6.45) is 0. The predicted octanol–water partition coefficient (Wildman–Crippen LogP) is -0.219. The molecule has 0 saturated heterocycles. The van der Waals surface area contributed by atoms with Crippen LogP contribution in [0.25, 0.3) is 0 Å². The van der Waals surface area contributed by atoms with E-state index < -0.39 is 0 Å². The summed E-state index contributed by atoms with van der Waals surface area (Å²) in [6, 6.07) is 0. The van der Waals surface area contributed by atoms with E-state index in [0.717, 1.165) is 0 Å². The van der Waals surface area contributed by atoms with Gasteiger partial charge in [0.05, 0.1) is 0 Å². The third-order valence-electron chi connectivity index (χ3n) is 1.14. The van der Waals surface area contributed by atoms with E-state index in [4.69, 9.17) is 12.2 Å². The Kier molecular flexibility index (Phi) is 1.28. The van der Waals surface area contributed by atoms with Crippen molar-refractivity contribution in [2.24, 2.45) is 14.1 Å². The lowest BCUT2D eigenvalue weighted by Gasteiger charge is -1.80. The highest BCUT2D eigenvalue weighted by molar-refractivity contribution is 7.71. The van der Waals surface area contributed by atoms with Gasteiger partial charge >= 0.3 is 5.69 Å². The average Bonchev–Trinajstić information content (AvgIpc) is 1.98. The molecule has 1 N–H and O–H groups in total. The molecule has 1 aromatic heterocycles. The summed E-state index contributed by atoms with van der Waals surface area (Å²) < 4.78 is 3.15. The molecule has 9 heavy (non-hydrogen) atoms. The van der Waals surface area contributed by atoms with Gasteiger partial charge < -0.3 is 0 Å². The van der Waals surface area contributed by atoms with Gasteiger partial charge in [0.15, 0.2) is 4.77 Å². The minimum absolute atomic E-state index is 0.125. The van der Waals surface area contributed by atoms with E-state index in [1.807, 2.05) is 0 Å². The zero-order valence-corrected chi connectivity index (χ0v) is 6.03. The molecule has 0 saturated carbocycles. The van der Waals surface area contributed by atoms with Gasteiger partial charge in [0.1, 0.15) is 0 Å². The van der Waals surface area contributed by atoms with E-state index in [-0.39, 0.29) is 5.69 Å². The lowest BCUT2D eigenvalue weighted by molar-refractivity contribution is 0.714. The van der Waals surface area contributed by atoms with Crippen molar-refractivity contribution in [1.29, 1.82) is 0 Å². The van der Waals surface area contributed by atoms with Crippen LogP contribution in [-0.4, -0.2) is 14.3 Å². The van der Waals surface area contributed by atoms with E-state index in [1.54, 1.807) is 14.1 Å². The van der Waals surface area contributed by atoms with E-state index in [2.05, 4.69) is 5.10 Å². The van der Waals surface area contributed by atoms with Gasteiger partial charge in [-0.3, -0.25) is 9.67 Å². The average molecular weight is 145 g/mol. The van der Waals surface area contributed by atoms with Crippen molar-refractivity contribution in [3.8, 4) is 0 Å². The van der Waals surface area contributed by atoms with E-state index >= 15 is 0 Å². The maximum Gasteiger partial charge on any atom is 0.344 e. The molecular formula is C4H7N3OS. The minimum Gasteiger partial charge on any atom is -0.271 e. The summed E-state index contributed by atoms with van der Waals surface area (Å²) in [5, 5.41) is 2.66. The summed E-state index contributed by atoms with van der Waals surface area (Å²) in [6.45, 7) is 0. The maximum atomic E-state index is 10.8. The number of hydrogen-bond acceptors (Lipinski definition) is 2. The topological polar surface area (TPSA) is 42.7 Å². The largest absolute Gasteiger partial charge is 0.344 e. The van der Waals surface area contributed by atoms with Crippen molar-refractivity contribution < 1.29 is 0 Å². The van der Waals surface area contributed by atoms with Crippen molar-refractivity contribution in [2.45, 2.75) is 0 Å². The monoisotopic (exact) mass is 145 g/mol. The molecule has 0 spiro atoms. The zero-order chi connectivity index (χ0) is 7.02. The first-order valence-corrected chi connectivity index (χ1v) is 2.86. The van der Waals surface area contributed by atoms with Crippen LogP contribution in [0, 0.1) is 4.77 Å². The van der Waals surface area contributed by atoms with Crippen LogP contribution in [-0.2, 0) is 14.1 Å². The van der Waals surface area contributed by atoms with Crippen molar-refractivity contribution in [3.05, 3.63) is 15.3 Å². The number of rotatable bonds is 0. The highest BCUT2D eigenvalue weighted by Crippen LogP contribution is 1.74. The molecule has 0 fully saturated rings. The third-order valence-corrected chi connectivity index (χ3v) is 1.51. The molecule has 0 aliphatic heterocycles. The summed E-state index contributed by atoms with van der Waals surface area (Å²) in [5.74, 6) is 0. The molecule has 4 nitrogen and oxygen atoms in total. The first-order valence-electron chi connectivity index (χ1n) is 2.45. The highest BCUT2D eigenvalue weighted by atomic mass is 32.1. The Morgan fingerprint density at radius 2 is 2.11 bits per heavy atom. The molecule has 0 aromatic carbocycles. The van der Waals surface area contributed by atoms with Crippen molar-refractivity contribution in [2.75, 3.05) is 0 Å². The van der Waals surface area contributed by atoms with Crippen molar-refractivity contribution in [3.63, 3.8) is 0 Å². The van der Waals surface area contributed by atoms with Gasteiger partial charge in [-0.1, -0.05) is 0 Å². The van der Waals surface area contributed by atoms with Crippen molar-refractivity contribution in [1.82, 2.24) is 14.3 Å². The summed E-state index contributed by atoms with van der Waals surface area (Å²) in [4.78, 5) is 10.8. The fourth-order valence-electron chi connectivity index (χ4n) is 0.578. The van der Waals surface area contributed by atoms with Crippen LogP contribution in [0.3, 0.4) is 0 Å². The zero-order valence-electron chi connectivity index (χ0n) is 5.21. The Morgan fingerprint density at radius 1 is 1.56 bits per heavy atom.